The molecule has 1 fully saturated rings. The number of nitrogens with zero attached hydrogens (tertiary/aromatic N) is 1. The number of thiophene rings is 1. The first kappa shape index (κ1) is 14.9. The quantitative estimate of drug-likeness (QED) is 0.453. The van der Waals surface area contributed by atoms with Crippen LogP contribution < -0.4 is 10.7 Å². The Morgan fingerprint density at radius 2 is 2.05 bits per heavy atom. The minimum Gasteiger partial charge on any atom is -0.477 e. The molecule has 1 aromatic heterocycles. The van der Waals surface area contributed by atoms with Crippen LogP contribution in [-0.4, -0.2) is 27.9 Å². The molecule has 0 atom stereocenters. The summed E-state index contributed by atoms with van der Waals surface area (Å²) in [5.74, 6) is -0.916. The number of nitrogens with one attached hydrogen (secondary N) is 2. The lowest BCUT2D eigenvalue weighted by Crippen LogP contribution is -2.38. The minimum atomic E-state index is -0.916. The predicted molar refractivity (Wildman–Crippen MR) is 84.6 cm³/mol. The van der Waals surface area contributed by atoms with Gasteiger partial charge in [-0.2, -0.15) is 5.10 Å². The Balaban J connectivity index is 1.88. The van der Waals surface area contributed by atoms with E-state index in [4.69, 9.17) is 17.3 Å². The van der Waals surface area contributed by atoms with Gasteiger partial charge in [0.2, 0.25) is 0 Å². The van der Waals surface area contributed by atoms with E-state index < -0.39 is 5.97 Å². The second kappa shape index (κ2) is 6.81. The second-order valence-electron chi connectivity index (χ2n) is 4.73. The van der Waals surface area contributed by atoms with Gasteiger partial charge in [-0.1, -0.05) is 12.8 Å². The Labute approximate surface area is 127 Å². The molecular weight excluding hydrogens is 294 g/mol. The van der Waals surface area contributed by atoms with Crippen LogP contribution in [0.15, 0.2) is 17.2 Å². The van der Waals surface area contributed by atoms with E-state index >= 15 is 0 Å². The van der Waals surface area contributed by atoms with Crippen molar-refractivity contribution in [2.24, 2.45) is 5.10 Å². The Bertz CT molecular complexity index is 533. The van der Waals surface area contributed by atoms with Gasteiger partial charge in [0.1, 0.15) is 4.88 Å². The molecule has 1 aromatic rings. The molecular formula is C13H17N3O2S2. The number of hydrazone groups is 1. The van der Waals surface area contributed by atoms with Crippen LogP contribution in [0.2, 0.25) is 0 Å². The van der Waals surface area contributed by atoms with Crippen molar-refractivity contribution in [2.45, 2.75) is 38.6 Å². The molecule has 0 aromatic carbocycles. The summed E-state index contributed by atoms with van der Waals surface area (Å²) in [7, 11) is 0. The summed E-state index contributed by atoms with van der Waals surface area (Å²) in [5.41, 5.74) is 3.53. The van der Waals surface area contributed by atoms with E-state index in [-0.39, 0.29) is 0 Å². The van der Waals surface area contributed by atoms with Crippen LogP contribution in [0.5, 0.6) is 0 Å². The summed E-state index contributed by atoms with van der Waals surface area (Å²) in [5, 5.41) is 16.8. The lowest BCUT2D eigenvalue weighted by atomic mass is 10.3. The zero-order chi connectivity index (χ0) is 14.5. The van der Waals surface area contributed by atoms with E-state index in [1.807, 2.05) is 6.92 Å². The average molecular weight is 311 g/mol. The third kappa shape index (κ3) is 4.01. The summed E-state index contributed by atoms with van der Waals surface area (Å²) >= 11 is 6.39. The molecule has 0 aliphatic heterocycles. The van der Waals surface area contributed by atoms with Gasteiger partial charge in [0.15, 0.2) is 5.11 Å². The van der Waals surface area contributed by atoms with Crippen molar-refractivity contribution in [1.29, 1.82) is 0 Å². The van der Waals surface area contributed by atoms with Crippen LogP contribution >= 0.6 is 23.6 Å². The van der Waals surface area contributed by atoms with Crippen molar-refractivity contribution in [1.82, 2.24) is 10.7 Å². The number of hydrogen-bond donors (Lipinski definition) is 3. The molecule has 1 aliphatic carbocycles. The van der Waals surface area contributed by atoms with Gasteiger partial charge in [0.25, 0.3) is 0 Å². The zero-order valence-corrected chi connectivity index (χ0v) is 12.8. The summed E-state index contributed by atoms with van der Waals surface area (Å²) < 4.78 is 0. The maximum Gasteiger partial charge on any atom is 0.345 e. The van der Waals surface area contributed by atoms with E-state index in [2.05, 4.69) is 15.8 Å². The molecule has 5 nitrogen and oxygen atoms in total. The summed E-state index contributed by atoms with van der Waals surface area (Å²) in [6.07, 6.45) is 4.79. The predicted octanol–water partition coefficient (Wildman–Crippen LogP) is 2.58. The third-order valence-electron chi connectivity index (χ3n) is 3.19. The van der Waals surface area contributed by atoms with Crippen LogP contribution in [0.4, 0.5) is 0 Å². The Morgan fingerprint density at radius 1 is 1.40 bits per heavy atom. The fourth-order valence-corrected chi connectivity index (χ4v) is 3.13. The molecule has 2 rings (SSSR count). The second-order valence-corrected chi connectivity index (χ2v) is 6.22. The number of thiocarbonyl (C=S) groups is 1. The number of hydrogen-bond acceptors (Lipinski definition) is 4. The fraction of sp³-hybridized carbons (Fsp3) is 0.462. The Hall–Kier alpha value is -1.47. The number of carboxylic acid groups (broad SMARTS) is 1. The Kier molecular flexibility index (Phi) is 5.08. The van der Waals surface area contributed by atoms with Crippen LogP contribution in [0, 0.1) is 0 Å². The minimum absolute atomic E-state index is 0.307. The van der Waals surface area contributed by atoms with Gasteiger partial charge in [0.05, 0.1) is 10.6 Å². The van der Waals surface area contributed by atoms with Gasteiger partial charge in [-0.15, -0.1) is 11.3 Å². The summed E-state index contributed by atoms with van der Waals surface area (Å²) in [4.78, 5) is 11.9. The molecule has 0 saturated heterocycles. The largest absolute Gasteiger partial charge is 0.477 e. The van der Waals surface area contributed by atoms with Gasteiger partial charge in [-0.25, -0.2) is 4.79 Å². The van der Waals surface area contributed by atoms with E-state index in [9.17, 15) is 4.79 Å². The topological polar surface area (TPSA) is 73.7 Å². The van der Waals surface area contributed by atoms with Crippen molar-refractivity contribution in [3.8, 4) is 0 Å². The molecule has 20 heavy (non-hydrogen) atoms. The highest BCUT2D eigenvalue weighted by Gasteiger charge is 2.15. The highest BCUT2D eigenvalue weighted by molar-refractivity contribution is 7.80. The highest BCUT2D eigenvalue weighted by Crippen LogP contribution is 2.18. The van der Waals surface area contributed by atoms with Crippen LogP contribution in [0.3, 0.4) is 0 Å². The maximum atomic E-state index is 10.8. The average Bonchev–Trinajstić information content (AvgIpc) is 3.06. The van der Waals surface area contributed by atoms with Gasteiger partial charge < -0.3 is 10.4 Å². The smallest absolute Gasteiger partial charge is 0.345 e. The molecule has 7 heteroatoms. The number of carboxylic acids is 1. The first-order chi connectivity index (χ1) is 9.56. The number of carbonyl (C=O) groups is 1. The molecule has 0 amide bonds. The summed E-state index contributed by atoms with van der Waals surface area (Å²) in [6, 6.07) is 3.78. The van der Waals surface area contributed by atoms with Gasteiger partial charge in [-0.3, -0.25) is 5.43 Å². The monoisotopic (exact) mass is 311 g/mol. The van der Waals surface area contributed by atoms with Crippen molar-refractivity contribution in [3.05, 3.63) is 21.9 Å². The number of aromatic carboxylic acids is 1. The van der Waals surface area contributed by atoms with Gasteiger partial charge >= 0.3 is 5.97 Å². The molecule has 1 saturated carbocycles. The van der Waals surface area contributed by atoms with Crippen LogP contribution in [0.25, 0.3) is 0 Å². The molecule has 108 valence electrons. The Morgan fingerprint density at radius 3 is 2.65 bits per heavy atom. The van der Waals surface area contributed by atoms with E-state index in [0.29, 0.717) is 16.0 Å². The van der Waals surface area contributed by atoms with E-state index in [1.165, 1.54) is 24.2 Å². The normalized spacial score (nSPS) is 16.1. The molecule has 0 radical (unpaired) electrons. The zero-order valence-electron chi connectivity index (χ0n) is 11.2. The molecule has 3 N–H and O–H groups in total. The maximum absolute atomic E-state index is 10.8. The van der Waals surface area contributed by atoms with Crippen molar-refractivity contribution in [2.75, 3.05) is 0 Å². The SMILES string of the molecule is C/C(=N/NC(=S)NC1CCCC1)c1ccc(C(=O)O)s1. The van der Waals surface area contributed by atoms with Gasteiger partial charge in [-0.05, 0) is 44.1 Å². The molecule has 1 aliphatic rings. The lowest BCUT2D eigenvalue weighted by molar-refractivity contribution is 0.0702. The number of rotatable bonds is 4. The molecule has 1 heterocycles. The molecule has 0 bridgehead atoms. The van der Waals surface area contributed by atoms with Crippen molar-refractivity contribution in [3.63, 3.8) is 0 Å². The van der Waals surface area contributed by atoms with Crippen molar-refractivity contribution >= 4 is 40.3 Å². The van der Waals surface area contributed by atoms with E-state index in [1.54, 1.807) is 12.1 Å². The molecule has 0 spiro atoms. The third-order valence-corrected chi connectivity index (χ3v) is 4.58. The summed E-state index contributed by atoms with van der Waals surface area (Å²) in [6.45, 7) is 1.82. The first-order valence-corrected chi connectivity index (χ1v) is 7.73. The fourth-order valence-electron chi connectivity index (χ4n) is 2.12. The lowest BCUT2D eigenvalue weighted by Gasteiger charge is -2.13. The molecule has 0 unspecified atom stereocenters. The van der Waals surface area contributed by atoms with Crippen LogP contribution in [-0.2, 0) is 0 Å². The van der Waals surface area contributed by atoms with Gasteiger partial charge in [0, 0.05) is 6.04 Å². The first-order valence-electron chi connectivity index (χ1n) is 6.50. The van der Waals surface area contributed by atoms with Crippen molar-refractivity contribution < 1.29 is 9.90 Å². The van der Waals surface area contributed by atoms with Crippen LogP contribution in [0.1, 0.15) is 47.2 Å². The standard InChI is InChI=1S/C13H17N3O2S2/c1-8(10-6-7-11(20-10)12(17)18)15-16-13(19)14-9-4-2-3-5-9/h6-7,9H,2-5H2,1H3,(H,17,18)(H2,14,16,19)/b15-8-. The highest BCUT2D eigenvalue weighted by atomic mass is 32.1. The van der Waals surface area contributed by atoms with E-state index in [0.717, 1.165) is 23.4 Å².